The van der Waals surface area contributed by atoms with Gasteiger partial charge in [-0.25, -0.2) is 0 Å². The van der Waals surface area contributed by atoms with Gasteiger partial charge in [0.1, 0.15) is 22.3 Å². The van der Waals surface area contributed by atoms with Gasteiger partial charge >= 0.3 is 0 Å². The maximum Gasteiger partial charge on any atom is 0.143 e. The quantitative estimate of drug-likeness (QED) is 0.182. The number of fused-ring (bicyclic) bond motifs is 14. The van der Waals surface area contributed by atoms with Gasteiger partial charge in [0.2, 0.25) is 0 Å². The number of rotatable bonds is 4. The molecule has 9 aromatic carbocycles. The Kier molecular flexibility index (Phi) is 6.21. The van der Waals surface area contributed by atoms with Crippen LogP contribution in [0.15, 0.2) is 185 Å². The van der Waals surface area contributed by atoms with E-state index in [0.29, 0.717) is 0 Å². The van der Waals surface area contributed by atoms with Crippen molar-refractivity contribution in [2.24, 2.45) is 0 Å². The highest BCUT2D eigenvalue weighted by molar-refractivity contribution is 7.26. The summed E-state index contributed by atoms with van der Waals surface area (Å²) in [5.74, 6) is 0. The molecule has 12 rings (SSSR count). The van der Waals surface area contributed by atoms with Crippen LogP contribution in [-0.4, -0.2) is 0 Å². The summed E-state index contributed by atoms with van der Waals surface area (Å²) >= 11 is 1.83. The molecule has 0 radical (unpaired) electrons. The number of hydrogen-bond donors (Lipinski definition) is 0. The predicted molar refractivity (Wildman–Crippen MR) is 229 cm³/mol. The molecular weight excluding hydrogens is 679 g/mol. The summed E-state index contributed by atoms with van der Waals surface area (Å²) < 4.78 is 15.8. The van der Waals surface area contributed by atoms with Gasteiger partial charge in [0.25, 0.3) is 0 Å². The first-order chi connectivity index (χ1) is 26.8. The largest absolute Gasteiger partial charge is 0.455 e. The van der Waals surface area contributed by atoms with Gasteiger partial charge in [-0.1, -0.05) is 115 Å². The lowest BCUT2D eigenvalue weighted by molar-refractivity contribution is 0.672. The molecule has 3 aromatic heterocycles. The molecule has 3 nitrogen and oxygen atoms in total. The molecule has 0 spiro atoms. The summed E-state index contributed by atoms with van der Waals surface area (Å²) in [6.45, 7) is 0. The van der Waals surface area contributed by atoms with Crippen molar-refractivity contribution < 1.29 is 8.83 Å². The average Bonchev–Trinajstić information content (AvgIpc) is 3.92. The Morgan fingerprint density at radius 2 is 1.02 bits per heavy atom. The van der Waals surface area contributed by atoms with Crippen LogP contribution in [0.4, 0.5) is 17.1 Å². The summed E-state index contributed by atoms with van der Waals surface area (Å²) in [5, 5.41) is 11.7. The molecule has 252 valence electrons. The Hall–Kier alpha value is -6.88. The fourth-order valence-electron chi connectivity index (χ4n) is 8.58. The molecular formula is C50H29NO2S. The third kappa shape index (κ3) is 4.29. The summed E-state index contributed by atoms with van der Waals surface area (Å²) in [6, 6.07) is 63.0. The van der Waals surface area contributed by atoms with E-state index in [9.17, 15) is 0 Å². The number of hydrogen-bond acceptors (Lipinski definition) is 4. The third-order valence-electron chi connectivity index (χ3n) is 11.0. The number of anilines is 3. The Morgan fingerprint density at radius 3 is 1.83 bits per heavy atom. The van der Waals surface area contributed by atoms with Crippen LogP contribution in [0, 0.1) is 0 Å². The van der Waals surface area contributed by atoms with Crippen LogP contribution in [0.2, 0.25) is 0 Å². The van der Waals surface area contributed by atoms with Crippen molar-refractivity contribution in [2.45, 2.75) is 0 Å². The summed E-state index contributed by atoms with van der Waals surface area (Å²) in [6.07, 6.45) is 0. The van der Waals surface area contributed by atoms with E-state index >= 15 is 0 Å². The maximum absolute atomic E-state index is 6.71. The molecule has 0 amide bonds. The minimum atomic E-state index is 0.866. The second-order valence-electron chi connectivity index (χ2n) is 14.0. The van der Waals surface area contributed by atoms with E-state index in [0.717, 1.165) is 71.9 Å². The van der Waals surface area contributed by atoms with Crippen molar-refractivity contribution in [3.63, 3.8) is 0 Å². The maximum atomic E-state index is 6.71. The fourth-order valence-corrected chi connectivity index (χ4v) is 9.73. The fraction of sp³-hybridized carbons (Fsp3) is 0. The second-order valence-corrected chi connectivity index (χ2v) is 15.1. The number of para-hydroxylation sites is 1. The molecule has 54 heavy (non-hydrogen) atoms. The van der Waals surface area contributed by atoms with Gasteiger partial charge in [0, 0.05) is 75.5 Å². The molecule has 0 atom stereocenters. The van der Waals surface area contributed by atoms with Crippen molar-refractivity contribution in [3.8, 4) is 11.1 Å². The average molecular weight is 708 g/mol. The number of benzene rings is 9. The first kappa shape index (κ1) is 29.7. The number of nitrogens with zero attached hydrogens (tertiary/aromatic N) is 1. The monoisotopic (exact) mass is 707 g/mol. The van der Waals surface area contributed by atoms with Crippen LogP contribution in [-0.2, 0) is 0 Å². The lowest BCUT2D eigenvalue weighted by Crippen LogP contribution is -2.11. The third-order valence-corrected chi connectivity index (χ3v) is 12.2. The molecule has 0 aliphatic carbocycles. The van der Waals surface area contributed by atoms with Gasteiger partial charge in [0.15, 0.2) is 0 Å². The molecule has 0 bridgehead atoms. The zero-order chi connectivity index (χ0) is 35.3. The van der Waals surface area contributed by atoms with Gasteiger partial charge in [-0.3, -0.25) is 0 Å². The molecule has 0 unspecified atom stereocenters. The number of furan rings is 2. The molecule has 3 heterocycles. The van der Waals surface area contributed by atoms with Crippen LogP contribution in [0.3, 0.4) is 0 Å². The van der Waals surface area contributed by atoms with Crippen LogP contribution < -0.4 is 4.90 Å². The molecule has 4 heteroatoms. The predicted octanol–water partition coefficient (Wildman–Crippen LogP) is 15.3. The van der Waals surface area contributed by atoms with Gasteiger partial charge in [-0.05, 0) is 70.9 Å². The highest BCUT2D eigenvalue weighted by Gasteiger charge is 2.22. The van der Waals surface area contributed by atoms with Crippen LogP contribution >= 0.6 is 11.3 Å². The smallest absolute Gasteiger partial charge is 0.143 e. The zero-order valence-corrected chi connectivity index (χ0v) is 29.7. The van der Waals surface area contributed by atoms with E-state index in [4.69, 9.17) is 8.83 Å². The lowest BCUT2D eigenvalue weighted by Gasteiger charge is -2.28. The summed E-state index contributed by atoms with van der Waals surface area (Å²) in [4.78, 5) is 2.38. The van der Waals surface area contributed by atoms with Crippen LogP contribution in [0.5, 0.6) is 0 Å². The first-order valence-corrected chi connectivity index (χ1v) is 19.1. The Morgan fingerprint density at radius 1 is 0.389 bits per heavy atom. The van der Waals surface area contributed by atoms with E-state index in [2.05, 4.69) is 181 Å². The summed E-state index contributed by atoms with van der Waals surface area (Å²) in [5.41, 5.74) is 9.19. The molecule has 0 N–H and O–H groups in total. The van der Waals surface area contributed by atoms with Crippen LogP contribution in [0.25, 0.3) is 96.7 Å². The standard InChI is InChI=1S/C50H29NO2S/c1-2-10-30(11-3-1)35-14-8-9-17-42(35)51(33-20-24-38-39-22-18-31-12-4-6-15-36(31)49(39)53-44(38)28-33)34-21-25-40-46(29-34)54-45-27-26-43-47(48(40)45)41-23-19-32-13-5-7-16-37(32)50(41)52-43/h1-29H. The van der Waals surface area contributed by atoms with E-state index in [1.54, 1.807) is 0 Å². The summed E-state index contributed by atoms with van der Waals surface area (Å²) in [7, 11) is 0. The normalized spacial score (nSPS) is 12.1. The highest BCUT2D eigenvalue weighted by atomic mass is 32.1. The molecule has 0 aliphatic rings. The minimum absolute atomic E-state index is 0.866. The number of thiophene rings is 1. The highest BCUT2D eigenvalue weighted by Crippen LogP contribution is 2.48. The van der Waals surface area contributed by atoms with Gasteiger partial charge < -0.3 is 13.7 Å². The van der Waals surface area contributed by atoms with Crippen molar-refractivity contribution in [3.05, 3.63) is 176 Å². The Labute approximate surface area is 313 Å². The molecule has 0 saturated heterocycles. The Balaban J connectivity index is 1.10. The first-order valence-electron chi connectivity index (χ1n) is 18.2. The lowest BCUT2D eigenvalue weighted by atomic mass is 10.0. The topological polar surface area (TPSA) is 29.5 Å². The molecule has 0 fully saturated rings. The van der Waals surface area contributed by atoms with E-state index in [1.165, 1.54) is 41.9 Å². The molecule has 0 aliphatic heterocycles. The van der Waals surface area contributed by atoms with Crippen molar-refractivity contribution in [2.75, 3.05) is 4.90 Å². The van der Waals surface area contributed by atoms with E-state index in [-0.39, 0.29) is 0 Å². The minimum Gasteiger partial charge on any atom is -0.455 e. The second kappa shape index (κ2) is 11.3. The van der Waals surface area contributed by atoms with Crippen molar-refractivity contribution in [1.82, 2.24) is 0 Å². The van der Waals surface area contributed by atoms with E-state index < -0.39 is 0 Å². The molecule has 12 aromatic rings. The SMILES string of the molecule is c1ccc(-c2ccccc2N(c2ccc3c(c2)oc2c4ccccc4ccc32)c2ccc3c(c2)sc2ccc4oc5c6ccccc6ccc5c4c23)cc1. The van der Waals surface area contributed by atoms with Crippen molar-refractivity contribution in [1.29, 1.82) is 0 Å². The Bertz CT molecular complexity index is 3460. The van der Waals surface area contributed by atoms with Crippen LogP contribution in [0.1, 0.15) is 0 Å². The van der Waals surface area contributed by atoms with E-state index in [1.807, 2.05) is 11.3 Å². The van der Waals surface area contributed by atoms with Crippen molar-refractivity contribution >= 4 is 114 Å². The molecule has 0 saturated carbocycles. The van der Waals surface area contributed by atoms with Gasteiger partial charge in [-0.15, -0.1) is 11.3 Å². The zero-order valence-electron chi connectivity index (χ0n) is 28.9. The van der Waals surface area contributed by atoms with Gasteiger partial charge in [0.05, 0.1) is 5.69 Å². The van der Waals surface area contributed by atoms with Gasteiger partial charge in [-0.2, -0.15) is 0 Å².